The molecule has 1 aliphatic rings. The molecule has 1 aromatic carbocycles. The van der Waals surface area contributed by atoms with E-state index in [0.29, 0.717) is 0 Å². The monoisotopic (exact) mass is 188 g/mol. The molecule has 0 unspecified atom stereocenters. The number of anilines is 1. The van der Waals surface area contributed by atoms with E-state index in [1.807, 2.05) is 30.3 Å². The first-order valence-electron chi connectivity index (χ1n) is 5.13. The molecule has 0 N–H and O–H groups in total. The minimum absolute atomic E-state index is 0.0521. The lowest BCUT2D eigenvalue weighted by atomic mass is 9.80. The molecule has 1 amide bonds. The molecular weight excluding hydrogens is 174 g/mol. The fraction of sp³-hybridized carbons (Fsp3) is 0.250. The molecule has 0 aliphatic carbocycles. The maximum absolute atomic E-state index is 11.9. The Morgan fingerprint density at radius 2 is 2.21 bits per heavy atom. The number of benzene rings is 1. The summed E-state index contributed by atoms with van der Waals surface area (Å²) in [5, 5.41) is 0. The molecule has 2 rings (SSSR count). The lowest BCUT2D eigenvalue weighted by Gasteiger charge is -2.44. The summed E-state index contributed by atoms with van der Waals surface area (Å²) in [5.74, 6) is -0.0521. The molecule has 2 atom stereocenters. The topological polar surface area (TPSA) is 20.3 Å². The molecule has 1 saturated heterocycles. The van der Waals surface area contributed by atoms with Crippen LogP contribution in [0.15, 0.2) is 43.0 Å². The number of para-hydroxylation sites is 1. The van der Waals surface area contributed by atoms with E-state index in [4.69, 9.17) is 1.37 Å². The van der Waals surface area contributed by atoms with Crippen LogP contribution in [0.25, 0.3) is 0 Å². The zero-order valence-corrected chi connectivity index (χ0v) is 8.10. The van der Waals surface area contributed by atoms with Crippen LogP contribution in [0.2, 0.25) is 0 Å². The second-order valence-corrected chi connectivity index (χ2v) is 3.63. The van der Waals surface area contributed by atoms with Crippen molar-refractivity contribution in [3.63, 3.8) is 0 Å². The summed E-state index contributed by atoms with van der Waals surface area (Å²) in [6.45, 7) is 4.80. The predicted molar refractivity (Wildman–Crippen MR) is 57.1 cm³/mol. The normalized spacial score (nSPS) is 32.1. The summed E-state index contributed by atoms with van der Waals surface area (Å²) >= 11 is 0. The van der Waals surface area contributed by atoms with Crippen molar-refractivity contribution in [3.8, 4) is 0 Å². The number of carbonyl (C=O) groups is 1. The number of rotatable bonds is 2. The van der Waals surface area contributed by atoms with Crippen LogP contribution in [0.4, 0.5) is 5.69 Å². The Labute approximate surface area is 85.3 Å². The van der Waals surface area contributed by atoms with Crippen LogP contribution in [0.3, 0.4) is 0 Å². The van der Waals surface area contributed by atoms with E-state index in [-0.39, 0.29) is 5.91 Å². The van der Waals surface area contributed by atoms with Crippen molar-refractivity contribution < 1.29 is 6.17 Å². The molecule has 1 fully saturated rings. The van der Waals surface area contributed by atoms with E-state index >= 15 is 0 Å². The standard InChI is InChI=1S/C12H13NO/c1-3-12(2)9-13(11(12)14)10-7-5-4-6-8-10/h3-8H,1,9H2,2H3/t12-/m1/s1/i9D/t9-,12-. The third-order valence-corrected chi connectivity index (χ3v) is 2.54. The van der Waals surface area contributed by atoms with Crippen LogP contribution < -0.4 is 4.90 Å². The van der Waals surface area contributed by atoms with E-state index in [9.17, 15) is 4.79 Å². The number of hydrogen-bond acceptors (Lipinski definition) is 1. The predicted octanol–water partition coefficient (Wildman–Crippen LogP) is 2.23. The zero-order chi connectivity index (χ0) is 11.1. The van der Waals surface area contributed by atoms with Gasteiger partial charge in [-0.3, -0.25) is 4.79 Å². The smallest absolute Gasteiger partial charge is 0.238 e. The van der Waals surface area contributed by atoms with Gasteiger partial charge in [0.15, 0.2) is 0 Å². The number of β-lactam (4-membered cyclic amide) rings is 1. The van der Waals surface area contributed by atoms with Gasteiger partial charge in [0.25, 0.3) is 0 Å². The maximum Gasteiger partial charge on any atom is 0.238 e. The fourth-order valence-electron chi connectivity index (χ4n) is 1.50. The summed E-state index contributed by atoms with van der Waals surface area (Å²) in [4.78, 5) is 13.3. The van der Waals surface area contributed by atoms with Crippen molar-refractivity contribution in [1.29, 1.82) is 0 Å². The molecule has 2 heteroatoms. The molecule has 72 valence electrons. The number of carbonyl (C=O) groups excluding carboxylic acids is 1. The number of amides is 1. The quantitative estimate of drug-likeness (QED) is 0.515. The Balaban J connectivity index is 2.30. The first kappa shape index (κ1) is 7.80. The second-order valence-electron chi connectivity index (χ2n) is 3.63. The summed E-state index contributed by atoms with van der Waals surface area (Å²) in [6, 6.07) is 9.28. The minimum Gasteiger partial charge on any atom is -0.310 e. The Kier molecular flexibility index (Phi) is 1.66. The Bertz CT molecular complexity index is 403. The summed E-state index contributed by atoms with van der Waals surface area (Å²) in [7, 11) is 0. The molecule has 1 aliphatic heterocycles. The Morgan fingerprint density at radius 3 is 2.71 bits per heavy atom. The largest absolute Gasteiger partial charge is 0.310 e. The van der Waals surface area contributed by atoms with E-state index in [0.717, 1.165) is 5.69 Å². The summed E-state index contributed by atoms with van der Waals surface area (Å²) in [6.07, 6.45) is 1.56. The minimum atomic E-state index is -0.726. The van der Waals surface area contributed by atoms with Gasteiger partial charge in [-0.25, -0.2) is 0 Å². The van der Waals surface area contributed by atoms with Crippen molar-refractivity contribution in [2.45, 2.75) is 6.92 Å². The number of nitrogens with zero attached hydrogens (tertiary/aromatic N) is 1. The molecule has 0 aromatic heterocycles. The van der Waals surface area contributed by atoms with E-state index in [1.165, 1.54) is 4.90 Å². The van der Waals surface area contributed by atoms with Gasteiger partial charge in [0.1, 0.15) is 0 Å². The van der Waals surface area contributed by atoms with Gasteiger partial charge >= 0.3 is 0 Å². The van der Waals surface area contributed by atoms with Gasteiger partial charge in [-0.05, 0) is 19.1 Å². The van der Waals surface area contributed by atoms with Crippen LogP contribution >= 0.6 is 0 Å². The molecular formula is C12H13NO. The Morgan fingerprint density at radius 1 is 1.57 bits per heavy atom. The van der Waals surface area contributed by atoms with Crippen LogP contribution in [0.1, 0.15) is 8.29 Å². The third kappa shape index (κ3) is 1.15. The highest BCUT2D eigenvalue weighted by Gasteiger charge is 2.46. The highest BCUT2D eigenvalue weighted by Crippen LogP contribution is 2.36. The lowest BCUT2D eigenvalue weighted by molar-refractivity contribution is -0.130. The van der Waals surface area contributed by atoms with Gasteiger partial charge < -0.3 is 4.90 Å². The van der Waals surface area contributed by atoms with E-state index in [1.54, 1.807) is 13.0 Å². The van der Waals surface area contributed by atoms with Crippen molar-refractivity contribution in [3.05, 3.63) is 43.0 Å². The zero-order valence-electron chi connectivity index (χ0n) is 9.10. The van der Waals surface area contributed by atoms with Gasteiger partial charge in [-0.15, -0.1) is 6.58 Å². The van der Waals surface area contributed by atoms with Gasteiger partial charge in [0.2, 0.25) is 5.91 Å². The van der Waals surface area contributed by atoms with Crippen LogP contribution in [-0.4, -0.2) is 12.4 Å². The van der Waals surface area contributed by atoms with Crippen LogP contribution in [0.5, 0.6) is 0 Å². The van der Waals surface area contributed by atoms with Crippen molar-refractivity contribution in [2.24, 2.45) is 5.41 Å². The molecule has 0 spiro atoms. The SMILES string of the molecule is [2H][C@H]1N(c2ccccc2)C(=O)[C@]1(C)C=C. The molecule has 0 radical (unpaired) electrons. The average molecular weight is 188 g/mol. The van der Waals surface area contributed by atoms with Crippen LogP contribution in [0, 0.1) is 5.41 Å². The third-order valence-electron chi connectivity index (χ3n) is 2.54. The van der Waals surface area contributed by atoms with Gasteiger partial charge in [-0.2, -0.15) is 0 Å². The van der Waals surface area contributed by atoms with Gasteiger partial charge in [0, 0.05) is 12.2 Å². The second kappa shape index (κ2) is 2.98. The molecule has 0 saturated carbocycles. The molecule has 2 nitrogen and oxygen atoms in total. The van der Waals surface area contributed by atoms with Crippen LogP contribution in [-0.2, 0) is 4.79 Å². The highest BCUT2D eigenvalue weighted by atomic mass is 16.2. The summed E-state index contributed by atoms with van der Waals surface area (Å²) in [5.41, 5.74) is 0.0531. The highest BCUT2D eigenvalue weighted by molar-refractivity contribution is 6.05. The average Bonchev–Trinajstić information content (AvgIpc) is 2.29. The van der Waals surface area contributed by atoms with Gasteiger partial charge in [0.05, 0.1) is 6.79 Å². The van der Waals surface area contributed by atoms with Crippen molar-refractivity contribution in [1.82, 2.24) is 0 Å². The molecule has 1 heterocycles. The Hall–Kier alpha value is -1.57. The summed E-state index contributed by atoms with van der Waals surface area (Å²) < 4.78 is 7.93. The van der Waals surface area contributed by atoms with Gasteiger partial charge in [-0.1, -0.05) is 24.3 Å². The fourth-order valence-corrected chi connectivity index (χ4v) is 1.50. The molecule has 14 heavy (non-hydrogen) atoms. The van der Waals surface area contributed by atoms with Crippen molar-refractivity contribution in [2.75, 3.05) is 11.4 Å². The maximum atomic E-state index is 11.9. The van der Waals surface area contributed by atoms with E-state index < -0.39 is 11.9 Å². The lowest BCUT2D eigenvalue weighted by Crippen LogP contribution is -2.59. The first-order valence-corrected chi connectivity index (χ1v) is 4.56. The number of hydrogen-bond donors (Lipinski definition) is 0. The molecule has 1 aromatic rings. The van der Waals surface area contributed by atoms with Crippen molar-refractivity contribution >= 4 is 11.6 Å². The first-order chi connectivity index (χ1) is 7.11. The molecule has 0 bridgehead atoms. The van der Waals surface area contributed by atoms with E-state index in [2.05, 4.69) is 6.58 Å².